The van der Waals surface area contributed by atoms with Gasteiger partial charge in [-0.05, 0) is 18.2 Å². The lowest BCUT2D eigenvalue weighted by Crippen LogP contribution is -2.28. The van der Waals surface area contributed by atoms with E-state index < -0.39 is 28.3 Å². The van der Waals surface area contributed by atoms with Crippen molar-refractivity contribution >= 4 is 21.7 Å². The second-order valence-electron chi connectivity index (χ2n) is 3.97. The van der Waals surface area contributed by atoms with E-state index in [2.05, 4.69) is 11.9 Å². The van der Waals surface area contributed by atoms with Crippen LogP contribution in [0, 0.1) is 0 Å². The minimum Gasteiger partial charge on any atom is -0.452 e. The molecule has 0 aromatic heterocycles. The molecule has 0 radical (unpaired) electrons. The number of carbonyl (C=O) groups excluding carboxylic acids is 2. The number of hydrogen-bond acceptors (Lipinski definition) is 5. The Hall–Kier alpha value is -2.15. The maximum atomic E-state index is 11.7. The van der Waals surface area contributed by atoms with Crippen LogP contribution in [0.15, 0.2) is 41.8 Å². The van der Waals surface area contributed by atoms with E-state index in [4.69, 9.17) is 4.74 Å². The zero-order valence-electron chi connectivity index (χ0n) is 11.0. The summed E-state index contributed by atoms with van der Waals surface area (Å²) in [6.07, 6.45) is 2.54. The molecule has 20 heavy (non-hydrogen) atoms. The molecule has 0 saturated heterocycles. The zero-order chi connectivity index (χ0) is 15.2. The highest BCUT2D eigenvalue weighted by atomic mass is 32.2. The molecule has 0 atom stereocenters. The van der Waals surface area contributed by atoms with Crippen LogP contribution in [0.5, 0.6) is 0 Å². The number of carbonyl (C=O) groups is 2. The molecule has 0 aliphatic rings. The van der Waals surface area contributed by atoms with Gasteiger partial charge < -0.3 is 10.1 Å². The van der Waals surface area contributed by atoms with Gasteiger partial charge in [0.2, 0.25) is 0 Å². The fraction of sp³-hybridized carbons (Fsp3) is 0.231. The van der Waals surface area contributed by atoms with Crippen LogP contribution in [-0.4, -0.2) is 39.7 Å². The normalized spacial score (nSPS) is 10.7. The van der Waals surface area contributed by atoms with Crippen LogP contribution < -0.4 is 5.32 Å². The summed E-state index contributed by atoms with van der Waals surface area (Å²) in [5.41, 5.74) is 0.0736. The predicted octanol–water partition coefficient (Wildman–Crippen LogP) is 0.549. The van der Waals surface area contributed by atoms with Crippen molar-refractivity contribution in [1.29, 1.82) is 0 Å². The molecule has 6 nitrogen and oxygen atoms in total. The van der Waals surface area contributed by atoms with E-state index in [1.54, 1.807) is 0 Å². The van der Waals surface area contributed by atoms with Gasteiger partial charge in [-0.25, -0.2) is 13.2 Å². The predicted molar refractivity (Wildman–Crippen MR) is 73.0 cm³/mol. The van der Waals surface area contributed by atoms with E-state index in [1.165, 1.54) is 30.3 Å². The zero-order valence-corrected chi connectivity index (χ0v) is 11.8. The summed E-state index contributed by atoms with van der Waals surface area (Å²) in [7, 11) is -3.40. The molecular formula is C13H15NO5S. The number of amides is 1. The molecule has 1 amide bonds. The first-order valence-corrected chi connectivity index (χ1v) is 7.58. The minimum atomic E-state index is -3.40. The molecule has 1 rings (SSSR count). The molecule has 0 aliphatic heterocycles. The largest absolute Gasteiger partial charge is 0.452 e. The van der Waals surface area contributed by atoms with Gasteiger partial charge in [-0.3, -0.25) is 4.79 Å². The molecule has 0 saturated carbocycles. The second-order valence-corrected chi connectivity index (χ2v) is 5.98. The lowest BCUT2D eigenvalue weighted by atomic mass is 10.2. The molecule has 0 aliphatic carbocycles. The Morgan fingerprint density at radius 2 is 2.10 bits per heavy atom. The molecule has 0 bridgehead atoms. The summed E-state index contributed by atoms with van der Waals surface area (Å²) in [4.78, 5) is 22.9. The standard InChI is InChI=1S/C13H15NO5S/c1-3-7-14-12(15)9-19-13(16)10-5-4-6-11(8-10)20(2,17)18/h3-6,8H,1,7,9H2,2H3,(H,14,15). The summed E-state index contributed by atoms with van der Waals surface area (Å²) in [5, 5.41) is 2.44. The highest BCUT2D eigenvalue weighted by Crippen LogP contribution is 2.12. The van der Waals surface area contributed by atoms with Crippen LogP contribution in [0.3, 0.4) is 0 Å². The quantitative estimate of drug-likeness (QED) is 0.612. The van der Waals surface area contributed by atoms with Gasteiger partial charge in [0, 0.05) is 12.8 Å². The van der Waals surface area contributed by atoms with Crippen molar-refractivity contribution in [3.8, 4) is 0 Å². The Balaban J connectivity index is 2.69. The first-order chi connectivity index (χ1) is 9.34. The van der Waals surface area contributed by atoms with Crippen LogP contribution in [0.2, 0.25) is 0 Å². The second kappa shape index (κ2) is 6.85. The molecule has 108 valence electrons. The third-order valence-electron chi connectivity index (χ3n) is 2.28. The molecule has 0 unspecified atom stereocenters. The monoisotopic (exact) mass is 297 g/mol. The number of benzene rings is 1. The van der Waals surface area contributed by atoms with Gasteiger partial charge in [0.05, 0.1) is 10.5 Å². The van der Waals surface area contributed by atoms with Gasteiger partial charge in [-0.15, -0.1) is 6.58 Å². The Morgan fingerprint density at radius 1 is 1.40 bits per heavy atom. The highest BCUT2D eigenvalue weighted by molar-refractivity contribution is 7.90. The highest BCUT2D eigenvalue weighted by Gasteiger charge is 2.13. The number of hydrogen-bond donors (Lipinski definition) is 1. The molecule has 1 aromatic rings. The number of sulfone groups is 1. The molecule has 0 heterocycles. The summed E-state index contributed by atoms with van der Waals surface area (Å²) >= 11 is 0. The van der Waals surface area contributed by atoms with E-state index in [0.717, 1.165) is 6.26 Å². The first kappa shape index (κ1) is 15.9. The summed E-state index contributed by atoms with van der Waals surface area (Å²) in [6, 6.07) is 5.44. The topological polar surface area (TPSA) is 89.5 Å². The Labute approximate surface area is 117 Å². The summed E-state index contributed by atoms with van der Waals surface area (Å²) < 4.78 is 27.5. The fourth-order valence-corrected chi connectivity index (χ4v) is 1.97. The molecule has 1 aromatic carbocycles. The first-order valence-electron chi connectivity index (χ1n) is 5.69. The smallest absolute Gasteiger partial charge is 0.338 e. The van der Waals surface area contributed by atoms with Crippen molar-refractivity contribution in [2.45, 2.75) is 4.90 Å². The summed E-state index contributed by atoms with van der Waals surface area (Å²) in [6.45, 7) is 3.27. The van der Waals surface area contributed by atoms with Crippen molar-refractivity contribution in [3.05, 3.63) is 42.5 Å². The van der Waals surface area contributed by atoms with E-state index >= 15 is 0 Å². The molecular weight excluding hydrogens is 282 g/mol. The van der Waals surface area contributed by atoms with Crippen LogP contribution in [0.4, 0.5) is 0 Å². The fourth-order valence-electron chi connectivity index (χ4n) is 1.31. The van der Waals surface area contributed by atoms with Crippen LogP contribution in [0.25, 0.3) is 0 Å². The Kier molecular flexibility index (Phi) is 5.45. The van der Waals surface area contributed by atoms with E-state index in [0.29, 0.717) is 0 Å². The van der Waals surface area contributed by atoms with Crippen LogP contribution in [0.1, 0.15) is 10.4 Å². The van der Waals surface area contributed by atoms with Gasteiger partial charge in [0.1, 0.15) is 0 Å². The third-order valence-corrected chi connectivity index (χ3v) is 3.39. The van der Waals surface area contributed by atoms with Gasteiger partial charge in [-0.1, -0.05) is 12.1 Å². The van der Waals surface area contributed by atoms with Crippen LogP contribution in [-0.2, 0) is 19.4 Å². The van der Waals surface area contributed by atoms with Gasteiger partial charge in [0.15, 0.2) is 16.4 Å². The average molecular weight is 297 g/mol. The number of nitrogens with one attached hydrogen (secondary N) is 1. The molecule has 7 heteroatoms. The van der Waals surface area contributed by atoms with Gasteiger partial charge in [-0.2, -0.15) is 0 Å². The minimum absolute atomic E-state index is 0.0167. The lowest BCUT2D eigenvalue weighted by Gasteiger charge is -2.06. The molecule has 0 spiro atoms. The number of ether oxygens (including phenoxy) is 1. The van der Waals surface area contributed by atoms with Crippen molar-refractivity contribution in [2.75, 3.05) is 19.4 Å². The van der Waals surface area contributed by atoms with Gasteiger partial charge >= 0.3 is 5.97 Å². The van der Waals surface area contributed by atoms with Crippen molar-refractivity contribution in [1.82, 2.24) is 5.32 Å². The number of rotatable bonds is 6. The van der Waals surface area contributed by atoms with Crippen molar-refractivity contribution < 1.29 is 22.7 Å². The van der Waals surface area contributed by atoms with E-state index in [-0.39, 0.29) is 17.0 Å². The van der Waals surface area contributed by atoms with Gasteiger partial charge in [0.25, 0.3) is 5.91 Å². The van der Waals surface area contributed by atoms with Crippen LogP contribution >= 0.6 is 0 Å². The Bertz CT molecular complexity index is 621. The SMILES string of the molecule is C=CCNC(=O)COC(=O)c1cccc(S(C)(=O)=O)c1. The molecule has 0 fully saturated rings. The number of esters is 1. The molecule has 1 N–H and O–H groups in total. The Morgan fingerprint density at radius 3 is 2.70 bits per heavy atom. The van der Waals surface area contributed by atoms with E-state index in [9.17, 15) is 18.0 Å². The maximum Gasteiger partial charge on any atom is 0.338 e. The van der Waals surface area contributed by atoms with Crippen molar-refractivity contribution in [3.63, 3.8) is 0 Å². The summed E-state index contributed by atoms with van der Waals surface area (Å²) in [5.74, 6) is -1.22. The maximum absolute atomic E-state index is 11.7. The third kappa shape index (κ3) is 4.85. The lowest BCUT2D eigenvalue weighted by molar-refractivity contribution is -0.124. The average Bonchev–Trinajstić information content (AvgIpc) is 2.41. The van der Waals surface area contributed by atoms with Crippen molar-refractivity contribution in [2.24, 2.45) is 0 Å². The van der Waals surface area contributed by atoms with E-state index in [1.807, 2.05) is 0 Å².